The average Bonchev–Trinajstić information content (AvgIpc) is 2.69. The molecule has 2 rings (SSSR count). The van der Waals surface area contributed by atoms with Crippen LogP contribution in [-0.4, -0.2) is 6.54 Å². The molecule has 0 aliphatic carbocycles. The average molecular weight is 342 g/mol. The Labute approximate surface area is 126 Å². The van der Waals surface area contributed by atoms with Crippen molar-refractivity contribution in [3.8, 4) is 0 Å². The number of thiophene rings is 1. The van der Waals surface area contributed by atoms with Crippen LogP contribution in [0.3, 0.4) is 0 Å². The molecule has 1 nitrogen and oxygen atoms in total. The van der Waals surface area contributed by atoms with E-state index in [1.807, 2.05) is 19.1 Å². The van der Waals surface area contributed by atoms with Crippen molar-refractivity contribution in [2.24, 2.45) is 0 Å². The van der Waals surface area contributed by atoms with Crippen LogP contribution in [0.1, 0.15) is 33.8 Å². The van der Waals surface area contributed by atoms with E-state index in [1.165, 1.54) is 4.88 Å². The van der Waals surface area contributed by atoms with E-state index in [0.29, 0.717) is 11.1 Å². The fourth-order valence-electron chi connectivity index (χ4n) is 2.14. The zero-order valence-electron chi connectivity index (χ0n) is 11.3. The van der Waals surface area contributed by atoms with Crippen LogP contribution in [0.4, 0.5) is 4.39 Å². The minimum absolute atomic E-state index is 0.0991. The Bertz CT molecular complexity index is 580. The quantitative estimate of drug-likeness (QED) is 0.828. The third-order valence-corrected chi connectivity index (χ3v) is 5.07. The highest BCUT2D eigenvalue weighted by Gasteiger charge is 2.21. The molecule has 0 aliphatic heterocycles. The molecule has 0 fully saturated rings. The van der Waals surface area contributed by atoms with Crippen molar-refractivity contribution in [3.63, 3.8) is 0 Å². The highest BCUT2D eigenvalue weighted by molar-refractivity contribution is 9.10. The van der Waals surface area contributed by atoms with Gasteiger partial charge in [-0.25, -0.2) is 4.39 Å². The summed E-state index contributed by atoms with van der Waals surface area (Å²) < 4.78 is 15.4. The lowest BCUT2D eigenvalue weighted by molar-refractivity contribution is 0.556. The molecule has 0 bridgehead atoms. The highest BCUT2D eigenvalue weighted by atomic mass is 79.9. The lowest BCUT2D eigenvalue weighted by atomic mass is 10.0. The maximum absolute atomic E-state index is 14.3. The first kappa shape index (κ1) is 14.7. The van der Waals surface area contributed by atoms with Crippen molar-refractivity contribution < 1.29 is 4.39 Å². The second-order valence-electron chi connectivity index (χ2n) is 4.54. The molecule has 0 saturated carbocycles. The van der Waals surface area contributed by atoms with Gasteiger partial charge in [0.25, 0.3) is 0 Å². The number of benzene rings is 1. The summed E-state index contributed by atoms with van der Waals surface area (Å²) in [5.41, 5.74) is 1.40. The Morgan fingerprint density at radius 3 is 2.68 bits per heavy atom. The van der Waals surface area contributed by atoms with Gasteiger partial charge in [-0.15, -0.1) is 11.3 Å². The molecule has 0 saturated heterocycles. The summed E-state index contributed by atoms with van der Waals surface area (Å²) in [5.74, 6) is -0.119. The maximum Gasteiger partial charge on any atom is 0.131 e. The summed E-state index contributed by atoms with van der Waals surface area (Å²) in [4.78, 5) is 2.35. The molecule has 102 valence electrons. The fraction of sp³-hybridized carbons (Fsp3) is 0.333. The van der Waals surface area contributed by atoms with Crippen LogP contribution < -0.4 is 5.32 Å². The van der Waals surface area contributed by atoms with Crippen LogP contribution in [0.25, 0.3) is 0 Å². The van der Waals surface area contributed by atoms with Crippen LogP contribution in [-0.2, 0) is 0 Å². The van der Waals surface area contributed by atoms with Crippen molar-refractivity contribution in [2.45, 2.75) is 26.8 Å². The topological polar surface area (TPSA) is 12.0 Å². The fourth-order valence-corrected chi connectivity index (χ4v) is 4.11. The SMILES string of the molecule is CCNC(c1cccc(C)c1F)c1sc(C)cc1Br. The van der Waals surface area contributed by atoms with Gasteiger partial charge < -0.3 is 5.32 Å². The van der Waals surface area contributed by atoms with Gasteiger partial charge in [-0.3, -0.25) is 0 Å². The van der Waals surface area contributed by atoms with Crippen molar-refractivity contribution in [2.75, 3.05) is 6.54 Å². The van der Waals surface area contributed by atoms with Gasteiger partial charge in [0.05, 0.1) is 6.04 Å². The molecule has 1 atom stereocenters. The van der Waals surface area contributed by atoms with E-state index in [4.69, 9.17) is 0 Å². The molecule has 0 spiro atoms. The standard InChI is InChI=1S/C15H17BrFNS/c1-4-18-14(15-12(16)8-10(3)19-15)11-7-5-6-9(2)13(11)17/h5-8,14,18H,4H2,1-3H3. The highest BCUT2D eigenvalue weighted by Crippen LogP contribution is 2.36. The van der Waals surface area contributed by atoms with E-state index in [9.17, 15) is 4.39 Å². The summed E-state index contributed by atoms with van der Waals surface area (Å²) in [7, 11) is 0. The second-order valence-corrected chi connectivity index (χ2v) is 6.68. The first-order chi connectivity index (χ1) is 9.04. The van der Waals surface area contributed by atoms with E-state index >= 15 is 0 Å². The maximum atomic E-state index is 14.3. The number of rotatable bonds is 4. The summed E-state index contributed by atoms with van der Waals surface area (Å²) in [6.07, 6.45) is 0. The summed E-state index contributed by atoms with van der Waals surface area (Å²) >= 11 is 5.27. The van der Waals surface area contributed by atoms with Gasteiger partial charge in [0.1, 0.15) is 5.82 Å². The number of hydrogen-bond acceptors (Lipinski definition) is 2. The van der Waals surface area contributed by atoms with Crippen molar-refractivity contribution in [1.82, 2.24) is 5.32 Å². The van der Waals surface area contributed by atoms with Crippen LogP contribution in [0.5, 0.6) is 0 Å². The van der Waals surface area contributed by atoms with E-state index in [2.05, 4.69) is 34.2 Å². The van der Waals surface area contributed by atoms with Crippen LogP contribution in [0, 0.1) is 19.7 Å². The predicted octanol–water partition coefficient (Wildman–Crippen LogP) is 4.97. The Hall–Kier alpha value is -0.710. The minimum atomic E-state index is -0.119. The second kappa shape index (κ2) is 6.16. The Morgan fingerprint density at radius 1 is 1.37 bits per heavy atom. The number of nitrogens with one attached hydrogen (secondary N) is 1. The van der Waals surface area contributed by atoms with Gasteiger partial charge in [0.2, 0.25) is 0 Å². The van der Waals surface area contributed by atoms with E-state index in [0.717, 1.165) is 15.9 Å². The van der Waals surface area contributed by atoms with Gasteiger partial charge in [-0.2, -0.15) is 0 Å². The van der Waals surface area contributed by atoms with Gasteiger partial charge >= 0.3 is 0 Å². The molecular weight excluding hydrogens is 325 g/mol. The molecule has 1 unspecified atom stereocenters. The third-order valence-electron chi connectivity index (χ3n) is 3.04. The molecule has 1 aromatic carbocycles. The molecule has 2 aromatic rings. The van der Waals surface area contributed by atoms with E-state index < -0.39 is 0 Å². The van der Waals surface area contributed by atoms with Gasteiger partial charge in [0.15, 0.2) is 0 Å². The number of halogens is 2. The van der Waals surface area contributed by atoms with Gasteiger partial charge in [-0.1, -0.05) is 25.1 Å². The Kier molecular flexibility index (Phi) is 4.76. The monoisotopic (exact) mass is 341 g/mol. The number of aryl methyl sites for hydroxylation is 2. The minimum Gasteiger partial charge on any atom is -0.306 e. The molecular formula is C15H17BrFNS. The van der Waals surface area contributed by atoms with Crippen molar-refractivity contribution in [3.05, 3.63) is 55.4 Å². The molecule has 1 N–H and O–H groups in total. The van der Waals surface area contributed by atoms with Crippen LogP contribution in [0.15, 0.2) is 28.7 Å². The molecule has 0 aliphatic rings. The molecule has 19 heavy (non-hydrogen) atoms. The lowest BCUT2D eigenvalue weighted by Gasteiger charge is -2.19. The summed E-state index contributed by atoms with van der Waals surface area (Å²) in [6, 6.07) is 7.55. The van der Waals surface area contributed by atoms with Crippen LogP contribution >= 0.6 is 27.3 Å². The largest absolute Gasteiger partial charge is 0.306 e. The van der Waals surface area contributed by atoms with Crippen LogP contribution in [0.2, 0.25) is 0 Å². The van der Waals surface area contributed by atoms with E-state index in [-0.39, 0.29) is 11.9 Å². The first-order valence-electron chi connectivity index (χ1n) is 6.28. The molecule has 1 aromatic heterocycles. The summed E-state index contributed by atoms with van der Waals surface area (Å²) in [6.45, 7) is 6.70. The molecule has 1 heterocycles. The molecule has 0 amide bonds. The van der Waals surface area contributed by atoms with E-state index in [1.54, 1.807) is 24.3 Å². The van der Waals surface area contributed by atoms with Gasteiger partial charge in [-0.05, 0) is 48.0 Å². The first-order valence-corrected chi connectivity index (χ1v) is 7.89. The third kappa shape index (κ3) is 3.07. The summed E-state index contributed by atoms with van der Waals surface area (Å²) in [5, 5.41) is 3.38. The predicted molar refractivity (Wildman–Crippen MR) is 83.4 cm³/mol. The zero-order chi connectivity index (χ0) is 14.0. The Morgan fingerprint density at radius 2 is 2.11 bits per heavy atom. The van der Waals surface area contributed by atoms with Crippen molar-refractivity contribution in [1.29, 1.82) is 0 Å². The van der Waals surface area contributed by atoms with Gasteiger partial charge in [0, 0.05) is 19.8 Å². The lowest BCUT2D eigenvalue weighted by Crippen LogP contribution is -2.22. The normalized spacial score (nSPS) is 12.7. The molecule has 4 heteroatoms. The Balaban J connectivity index is 2.51. The number of hydrogen-bond donors (Lipinski definition) is 1. The molecule has 0 radical (unpaired) electrons. The van der Waals surface area contributed by atoms with Crippen molar-refractivity contribution >= 4 is 27.3 Å². The smallest absolute Gasteiger partial charge is 0.131 e. The zero-order valence-corrected chi connectivity index (χ0v) is 13.7.